The monoisotopic (exact) mass is 327 g/mol. The van der Waals surface area contributed by atoms with E-state index in [1.807, 2.05) is 19.1 Å². The van der Waals surface area contributed by atoms with Gasteiger partial charge in [-0.1, -0.05) is 0 Å². The van der Waals surface area contributed by atoms with E-state index in [1.165, 1.54) is 0 Å². The average molecular weight is 327 g/mol. The summed E-state index contributed by atoms with van der Waals surface area (Å²) < 4.78 is 0. The lowest BCUT2D eigenvalue weighted by molar-refractivity contribution is 0.0946. The molecule has 1 amide bonds. The van der Waals surface area contributed by atoms with Crippen LogP contribution in [0, 0.1) is 0 Å². The van der Waals surface area contributed by atoms with Crippen LogP contribution in [0.4, 0.5) is 11.5 Å². The van der Waals surface area contributed by atoms with Gasteiger partial charge in [0.05, 0.1) is 6.61 Å². The van der Waals surface area contributed by atoms with E-state index in [-0.39, 0.29) is 24.6 Å². The first-order chi connectivity index (χ1) is 11.5. The van der Waals surface area contributed by atoms with E-state index in [0.29, 0.717) is 23.0 Å². The maximum absolute atomic E-state index is 12.3. The van der Waals surface area contributed by atoms with Gasteiger partial charge in [0.2, 0.25) is 0 Å². The van der Waals surface area contributed by atoms with Crippen LogP contribution in [0.1, 0.15) is 30.3 Å². The molecule has 0 unspecified atom stereocenters. The number of aliphatic hydroxyl groups excluding tert-OH is 1. The minimum atomic E-state index is -0.212. The van der Waals surface area contributed by atoms with Gasteiger partial charge in [-0.15, -0.1) is 0 Å². The number of anilines is 2. The smallest absolute Gasteiger partial charge is 0.270 e. The van der Waals surface area contributed by atoms with E-state index < -0.39 is 0 Å². The molecular formula is C17H21N5O2. The lowest BCUT2D eigenvalue weighted by Crippen LogP contribution is -2.27. The second kappa shape index (κ2) is 6.84. The molecule has 1 atom stereocenters. The molecule has 1 heterocycles. The predicted octanol–water partition coefficient (Wildman–Crippen LogP) is 1.41. The van der Waals surface area contributed by atoms with E-state index in [1.54, 1.807) is 18.2 Å². The highest BCUT2D eigenvalue weighted by Gasteiger charge is 2.25. The van der Waals surface area contributed by atoms with E-state index >= 15 is 0 Å². The van der Waals surface area contributed by atoms with Gasteiger partial charge in [-0.25, -0.2) is 9.97 Å². The van der Waals surface area contributed by atoms with Crippen molar-refractivity contribution in [2.24, 2.45) is 0 Å². The molecular weight excluding hydrogens is 306 g/mol. The molecule has 7 heteroatoms. The number of carbonyl (C=O) groups excluding carboxylic acids is 1. The van der Waals surface area contributed by atoms with E-state index in [9.17, 15) is 9.90 Å². The third kappa shape index (κ3) is 3.99. The molecule has 3 rings (SSSR count). The largest absolute Gasteiger partial charge is 0.399 e. The molecule has 1 fully saturated rings. The molecule has 24 heavy (non-hydrogen) atoms. The molecule has 1 aromatic carbocycles. The van der Waals surface area contributed by atoms with Gasteiger partial charge in [-0.2, -0.15) is 0 Å². The Hall–Kier alpha value is -2.67. The number of amides is 1. The molecule has 7 nitrogen and oxygen atoms in total. The molecule has 0 bridgehead atoms. The van der Waals surface area contributed by atoms with Crippen LogP contribution >= 0.6 is 0 Å². The number of aliphatic hydroxyl groups is 1. The van der Waals surface area contributed by atoms with Crippen LogP contribution in [0.3, 0.4) is 0 Å². The molecule has 0 radical (unpaired) electrons. The maximum Gasteiger partial charge on any atom is 0.270 e. The normalized spacial score (nSPS) is 14.9. The number of aromatic nitrogens is 2. The highest BCUT2D eigenvalue weighted by atomic mass is 16.3. The molecule has 0 saturated heterocycles. The third-order valence-corrected chi connectivity index (χ3v) is 3.71. The lowest BCUT2D eigenvalue weighted by atomic mass is 10.2. The molecule has 5 N–H and O–H groups in total. The summed E-state index contributed by atoms with van der Waals surface area (Å²) in [5.74, 6) is 0.724. The van der Waals surface area contributed by atoms with Crippen molar-refractivity contribution in [3.8, 4) is 11.4 Å². The summed E-state index contributed by atoms with van der Waals surface area (Å²) >= 11 is 0. The minimum absolute atomic E-state index is 0.0369. The van der Waals surface area contributed by atoms with Crippen molar-refractivity contribution in [2.45, 2.75) is 31.8 Å². The summed E-state index contributed by atoms with van der Waals surface area (Å²) in [6.45, 7) is 1.79. The number of hydrogen-bond acceptors (Lipinski definition) is 6. The number of benzene rings is 1. The van der Waals surface area contributed by atoms with Crippen molar-refractivity contribution in [2.75, 3.05) is 17.7 Å². The molecule has 1 aliphatic rings. The van der Waals surface area contributed by atoms with Crippen molar-refractivity contribution in [1.82, 2.24) is 15.3 Å². The average Bonchev–Trinajstić information content (AvgIpc) is 3.39. The zero-order chi connectivity index (χ0) is 17.1. The molecule has 0 aliphatic heterocycles. The summed E-state index contributed by atoms with van der Waals surface area (Å²) in [6, 6.07) is 8.82. The molecule has 1 saturated carbocycles. The summed E-state index contributed by atoms with van der Waals surface area (Å²) in [5, 5.41) is 15.2. The maximum atomic E-state index is 12.3. The van der Waals surface area contributed by atoms with Crippen molar-refractivity contribution in [3.63, 3.8) is 0 Å². The third-order valence-electron chi connectivity index (χ3n) is 3.71. The van der Waals surface area contributed by atoms with Gasteiger partial charge in [0, 0.05) is 29.4 Å². The van der Waals surface area contributed by atoms with Crippen LogP contribution in [0.15, 0.2) is 30.3 Å². The Balaban J connectivity index is 1.94. The van der Waals surface area contributed by atoms with Gasteiger partial charge in [0.15, 0.2) is 5.82 Å². The molecule has 1 aliphatic carbocycles. The summed E-state index contributed by atoms with van der Waals surface area (Å²) in [6.07, 6.45) is 2.02. The number of rotatable bonds is 6. The lowest BCUT2D eigenvalue weighted by Gasteiger charge is -2.14. The first kappa shape index (κ1) is 16.2. The van der Waals surface area contributed by atoms with Crippen LogP contribution in [0.25, 0.3) is 11.4 Å². The second-order valence-corrected chi connectivity index (χ2v) is 6.06. The van der Waals surface area contributed by atoms with Gasteiger partial charge < -0.3 is 21.5 Å². The summed E-state index contributed by atoms with van der Waals surface area (Å²) in [7, 11) is 0. The number of carbonyl (C=O) groups is 1. The fourth-order valence-corrected chi connectivity index (χ4v) is 2.18. The summed E-state index contributed by atoms with van der Waals surface area (Å²) in [4.78, 5) is 21.2. The minimum Gasteiger partial charge on any atom is -0.399 e. The first-order valence-corrected chi connectivity index (χ1v) is 7.98. The number of nitrogens with one attached hydrogen (secondary N) is 2. The number of nitrogens with zero attached hydrogens (tertiary/aromatic N) is 2. The van der Waals surface area contributed by atoms with Crippen molar-refractivity contribution >= 4 is 17.4 Å². The molecule has 0 spiro atoms. The highest BCUT2D eigenvalue weighted by Crippen LogP contribution is 2.22. The van der Waals surface area contributed by atoms with Gasteiger partial charge >= 0.3 is 0 Å². The quantitative estimate of drug-likeness (QED) is 0.597. The van der Waals surface area contributed by atoms with Crippen LogP contribution in [-0.2, 0) is 0 Å². The molecule has 2 aromatic rings. The van der Waals surface area contributed by atoms with Crippen molar-refractivity contribution in [3.05, 3.63) is 36.0 Å². The molecule has 126 valence electrons. The first-order valence-electron chi connectivity index (χ1n) is 7.98. The van der Waals surface area contributed by atoms with Crippen molar-refractivity contribution in [1.29, 1.82) is 0 Å². The fourth-order valence-electron chi connectivity index (χ4n) is 2.18. The zero-order valence-electron chi connectivity index (χ0n) is 13.5. The van der Waals surface area contributed by atoms with Crippen LogP contribution < -0.4 is 16.4 Å². The van der Waals surface area contributed by atoms with Crippen LogP contribution in [0.5, 0.6) is 0 Å². The van der Waals surface area contributed by atoms with Gasteiger partial charge in [-0.3, -0.25) is 4.79 Å². The Morgan fingerprint density at radius 3 is 2.67 bits per heavy atom. The topological polar surface area (TPSA) is 113 Å². The second-order valence-electron chi connectivity index (χ2n) is 6.06. The highest BCUT2D eigenvalue weighted by molar-refractivity contribution is 5.93. The Labute approximate surface area is 140 Å². The van der Waals surface area contributed by atoms with Gasteiger partial charge in [0.25, 0.3) is 5.91 Å². The zero-order valence-corrected chi connectivity index (χ0v) is 13.5. The van der Waals surface area contributed by atoms with Crippen LogP contribution in [0.2, 0.25) is 0 Å². The number of hydrogen-bond donors (Lipinski definition) is 4. The predicted molar refractivity (Wildman–Crippen MR) is 92.5 cm³/mol. The summed E-state index contributed by atoms with van der Waals surface area (Å²) in [5.41, 5.74) is 7.43. The Morgan fingerprint density at radius 2 is 2.04 bits per heavy atom. The number of nitrogen functional groups attached to an aromatic ring is 1. The SMILES string of the molecule is C[C@@H](CO)Nc1cc(C(=O)NC2CC2)nc(-c2ccc(N)cc2)n1. The van der Waals surface area contributed by atoms with E-state index in [4.69, 9.17) is 5.73 Å². The Bertz CT molecular complexity index is 728. The van der Waals surface area contributed by atoms with Gasteiger partial charge in [-0.05, 0) is 44.0 Å². The molecule has 1 aromatic heterocycles. The Kier molecular flexibility index (Phi) is 4.61. The Morgan fingerprint density at radius 1 is 1.33 bits per heavy atom. The van der Waals surface area contributed by atoms with Crippen LogP contribution in [-0.4, -0.2) is 39.7 Å². The fraction of sp³-hybridized carbons (Fsp3) is 0.353. The van der Waals surface area contributed by atoms with E-state index in [2.05, 4.69) is 20.6 Å². The standard InChI is InChI=1S/C17H21N5O2/c1-10(9-23)19-15-8-14(17(24)20-13-6-7-13)21-16(22-15)11-2-4-12(18)5-3-11/h2-5,8,10,13,23H,6-7,9,18H2,1H3,(H,20,24)(H,19,21,22)/t10-/m0/s1. The number of nitrogens with two attached hydrogens (primary N) is 1. The van der Waals surface area contributed by atoms with Crippen molar-refractivity contribution < 1.29 is 9.90 Å². The van der Waals surface area contributed by atoms with E-state index in [0.717, 1.165) is 18.4 Å². The van der Waals surface area contributed by atoms with Gasteiger partial charge in [0.1, 0.15) is 11.5 Å².